The smallest absolute Gasteiger partial charge is 0.233 e. The number of hydrogen-bond acceptors (Lipinski definition) is 4. The van der Waals surface area contributed by atoms with Crippen molar-refractivity contribution in [2.45, 2.75) is 32.2 Å². The van der Waals surface area contributed by atoms with Crippen LogP contribution in [0.15, 0.2) is 12.1 Å². The zero-order valence-corrected chi connectivity index (χ0v) is 12.2. The van der Waals surface area contributed by atoms with Crippen LogP contribution in [0.25, 0.3) is 0 Å². The third kappa shape index (κ3) is 6.35. The Morgan fingerprint density at radius 2 is 2.22 bits per heavy atom. The predicted octanol–water partition coefficient (Wildman–Crippen LogP) is 2.38. The summed E-state index contributed by atoms with van der Waals surface area (Å²) in [5.41, 5.74) is 2.14. The van der Waals surface area contributed by atoms with E-state index in [1.165, 1.54) is 4.88 Å². The van der Waals surface area contributed by atoms with Crippen molar-refractivity contribution in [2.24, 2.45) is 5.84 Å². The van der Waals surface area contributed by atoms with Gasteiger partial charge in [-0.15, -0.1) is 11.3 Å². The van der Waals surface area contributed by atoms with E-state index in [0.717, 1.165) is 36.7 Å². The first-order valence-electron chi connectivity index (χ1n) is 6.04. The van der Waals surface area contributed by atoms with Gasteiger partial charge in [-0.05, 0) is 38.6 Å². The molecule has 1 aromatic rings. The third-order valence-corrected chi connectivity index (χ3v) is 3.88. The van der Waals surface area contributed by atoms with Gasteiger partial charge in [0.2, 0.25) is 5.91 Å². The van der Waals surface area contributed by atoms with Gasteiger partial charge >= 0.3 is 0 Å². The maximum absolute atomic E-state index is 10.9. The lowest BCUT2D eigenvalue weighted by atomic mass is 10.2. The molecule has 18 heavy (non-hydrogen) atoms. The molecule has 0 aliphatic heterocycles. The molecule has 6 heteroatoms. The van der Waals surface area contributed by atoms with Crippen molar-refractivity contribution in [2.75, 3.05) is 13.6 Å². The van der Waals surface area contributed by atoms with Crippen LogP contribution in [0.2, 0.25) is 4.34 Å². The van der Waals surface area contributed by atoms with E-state index < -0.39 is 0 Å². The second-order valence-corrected chi connectivity index (χ2v) is 6.12. The van der Waals surface area contributed by atoms with Gasteiger partial charge < -0.3 is 4.90 Å². The van der Waals surface area contributed by atoms with E-state index in [1.54, 1.807) is 11.3 Å². The Labute approximate surface area is 117 Å². The van der Waals surface area contributed by atoms with E-state index >= 15 is 0 Å². The van der Waals surface area contributed by atoms with Gasteiger partial charge in [0, 0.05) is 17.8 Å². The number of unbranched alkanes of at least 4 members (excludes halogenated alkanes) is 2. The SMILES string of the molecule is CN(CCCCCC(=O)NN)Cc1ccc(Cl)s1. The number of nitrogens with two attached hydrogens (primary N) is 1. The summed E-state index contributed by atoms with van der Waals surface area (Å²) in [5.74, 6) is 4.92. The summed E-state index contributed by atoms with van der Waals surface area (Å²) in [5, 5.41) is 0. The molecule has 0 radical (unpaired) electrons. The van der Waals surface area contributed by atoms with Gasteiger partial charge in [-0.1, -0.05) is 18.0 Å². The number of thiophene rings is 1. The van der Waals surface area contributed by atoms with Crippen LogP contribution in [0.1, 0.15) is 30.6 Å². The van der Waals surface area contributed by atoms with E-state index in [1.807, 2.05) is 6.07 Å². The molecule has 3 N–H and O–H groups in total. The summed E-state index contributed by atoms with van der Waals surface area (Å²) >= 11 is 7.51. The Hall–Kier alpha value is -0.620. The summed E-state index contributed by atoms with van der Waals surface area (Å²) in [7, 11) is 2.10. The lowest BCUT2D eigenvalue weighted by Gasteiger charge is -2.15. The summed E-state index contributed by atoms with van der Waals surface area (Å²) in [6.45, 7) is 1.96. The van der Waals surface area contributed by atoms with E-state index in [0.29, 0.717) is 6.42 Å². The molecule has 0 aliphatic rings. The number of hydrogen-bond donors (Lipinski definition) is 2. The second kappa shape index (κ2) is 8.48. The van der Waals surface area contributed by atoms with Crippen LogP contribution in [0.3, 0.4) is 0 Å². The highest BCUT2D eigenvalue weighted by atomic mass is 35.5. The van der Waals surface area contributed by atoms with E-state index in [9.17, 15) is 4.79 Å². The number of halogens is 1. The fraction of sp³-hybridized carbons (Fsp3) is 0.583. The second-order valence-electron chi connectivity index (χ2n) is 4.32. The number of hydrazine groups is 1. The van der Waals surface area contributed by atoms with Crippen LogP contribution in [0.5, 0.6) is 0 Å². The highest BCUT2D eigenvalue weighted by Gasteiger charge is 2.03. The van der Waals surface area contributed by atoms with Crippen molar-refractivity contribution in [1.29, 1.82) is 0 Å². The normalized spacial score (nSPS) is 10.9. The van der Waals surface area contributed by atoms with Crippen LogP contribution in [0, 0.1) is 0 Å². The third-order valence-electron chi connectivity index (χ3n) is 2.66. The molecular weight excluding hydrogens is 270 g/mol. The highest BCUT2D eigenvalue weighted by Crippen LogP contribution is 2.22. The molecule has 1 aromatic heterocycles. The highest BCUT2D eigenvalue weighted by molar-refractivity contribution is 7.16. The van der Waals surface area contributed by atoms with Crippen molar-refractivity contribution >= 4 is 28.8 Å². The molecule has 0 saturated heterocycles. The van der Waals surface area contributed by atoms with Crippen LogP contribution in [-0.4, -0.2) is 24.4 Å². The Morgan fingerprint density at radius 3 is 2.83 bits per heavy atom. The monoisotopic (exact) mass is 289 g/mol. The Morgan fingerprint density at radius 1 is 1.44 bits per heavy atom. The average Bonchev–Trinajstić information content (AvgIpc) is 2.73. The number of nitrogens with one attached hydrogen (secondary N) is 1. The van der Waals surface area contributed by atoms with Gasteiger partial charge in [0.25, 0.3) is 0 Å². The number of amides is 1. The van der Waals surface area contributed by atoms with Crippen LogP contribution < -0.4 is 11.3 Å². The number of carbonyl (C=O) groups excluding carboxylic acids is 1. The van der Waals surface area contributed by atoms with E-state index in [2.05, 4.69) is 23.4 Å². The predicted molar refractivity (Wildman–Crippen MR) is 76.5 cm³/mol. The molecule has 4 nitrogen and oxygen atoms in total. The number of rotatable bonds is 8. The summed E-state index contributed by atoms with van der Waals surface area (Å²) in [4.78, 5) is 14.4. The lowest BCUT2D eigenvalue weighted by Crippen LogP contribution is -2.29. The van der Waals surface area contributed by atoms with Gasteiger partial charge in [-0.25, -0.2) is 5.84 Å². The quantitative estimate of drug-likeness (QED) is 0.334. The largest absolute Gasteiger partial charge is 0.301 e. The minimum Gasteiger partial charge on any atom is -0.301 e. The molecule has 0 atom stereocenters. The van der Waals surface area contributed by atoms with Crippen molar-refractivity contribution in [3.05, 3.63) is 21.3 Å². The molecule has 0 bridgehead atoms. The van der Waals surface area contributed by atoms with Crippen LogP contribution in [-0.2, 0) is 11.3 Å². The first kappa shape index (κ1) is 15.4. The molecule has 0 unspecified atom stereocenters. The van der Waals surface area contributed by atoms with Gasteiger partial charge in [0.15, 0.2) is 0 Å². The standard InChI is InChI=1S/C12H20ClN3OS/c1-16(9-10-6-7-11(13)18-10)8-4-2-3-5-12(17)15-14/h6-7H,2-5,8-9,14H2,1H3,(H,15,17). The van der Waals surface area contributed by atoms with Gasteiger partial charge in [-0.3, -0.25) is 10.2 Å². The first-order valence-corrected chi connectivity index (χ1v) is 7.23. The summed E-state index contributed by atoms with van der Waals surface area (Å²) in [6.07, 6.45) is 3.54. The molecule has 0 aromatic carbocycles. The van der Waals surface area contributed by atoms with E-state index in [4.69, 9.17) is 17.4 Å². The Bertz CT molecular complexity index is 370. The lowest BCUT2D eigenvalue weighted by molar-refractivity contribution is -0.121. The molecule has 102 valence electrons. The Kier molecular flexibility index (Phi) is 7.27. The first-order chi connectivity index (χ1) is 8.61. The van der Waals surface area contributed by atoms with Gasteiger partial charge in [-0.2, -0.15) is 0 Å². The zero-order valence-electron chi connectivity index (χ0n) is 10.6. The summed E-state index contributed by atoms with van der Waals surface area (Å²) < 4.78 is 0.839. The van der Waals surface area contributed by atoms with Crippen molar-refractivity contribution in [3.63, 3.8) is 0 Å². The summed E-state index contributed by atoms with van der Waals surface area (Å²) in [6, 6.07) is 4.00. The van der Waals surface area contributed by atoms with Crippen molar-refractivity contribution in [1.82, 2.24) is 10.3 Å². The van der Waals surface area contributed by atoms with Crippen molar-refractivity contribution in [3.8, 4) is 0 Å². The van der Waals surface area contributed by atoms with Gasteiger partial charge in [0.05, 0.1) is 4.34 Å². The maximum Gasteiger partial charge on any atom is 0.233 e. The zero-order chi connectivity index (χ0) is 13.4. The maximum atomic E-state index is 10.9. The average molecular weight is 290 g/mol. The molecule has 0 spiro atoms. The molecule has 1 rings (SSSR count). The fourth-order valence-corrected chi connectivity index (χ4v) is 2.87. The fourth-order valence-electron chi connectivity index (χ4n) is 1.70. The van der Waals surface area contributed by atoms with E-state index in [-0.39, 0.29) is 5.91 Å². The van der Waals surface area contributed by atoms with Gasteiger partial charge in [0.1, 0.15) is 0 Å². The molecule has 1 heterocycles. The molecular formula is C12H20ClN3OS. The molecule has 0 aliphatic carbocycles. The number of carbonyl (C=O) groups is 1. The van der Waals surface area contributed by atoms with Crippen molar-refractivity contribution < 1.29 is 4.79 Å². The number of nitrogens with zero attached hydrogens (tertiary/aromatic N) is 1. The Balaban J connectivity index is 2.07. The van der Waals surface area contributed by atoms with Crippen LogP contribution >= 0.6 is 22.9 Å². The molecule has 0 fully saturated rings. The minimum atomic E-state index is -0.0865. The minimum absolute atomic E-state index is 0.0865. The molecule has 1 amide bonds. The molecule has 0 saturated carbocycles. The van der Waals surface area contributed by atoms with Crippen LogP contribution in [0.4, 0.5) is 0 Å². The topological polar surface area (TPSA) is 58.4 Å².